The number of rotatable bonds is 7. The molecule has 150 valence electrons. The van der Waals surface area contributed by atoms with Crippen molar-refractivity contribution in [1.82, 2.24) is 14.8 Å². The van der Waals surface area contributed by atoms with Gasteiger partial charge in [0.2, 0.25) is 0 Å². The van der Waals surface area contributed by atoms with Gasteiger partial charge in [0.25, 0.3) is 0 Å². The number of nitrogen functional groups attached to an aromatic ring is 1. The summed E-state index contributed by atoms with van der Waals surface area (Å²) in [6, 6.07) is 25.3. The van der Waals surface area contributed by atoms with Crippen molar-refractivity contribution in [2.45, 2.75) is 12.8 Å². The topological polar surface area (TPSA) is 45.4 Å². The maximum atomic E-state index is 5.83. The highest BCUT2D eigenvalue weighted by atomic mass is 15.3. The van der Waals surface area contributed by atoms with Gasteiger partial charge in [0.1, 0.15) is 5.82 Å². The van der Waals surface area contributed by atoms with Crippen LogP contribution in [0.15, 0.2) is 72.8 Å². The molecule has 0 aliphatic carbocycles. The molecule has 1 fully saturated rings. The summed E-state index contributed by atoms with van der Waals surface area (Å²) >= 11 is 0. The van der Waals surface area contributed by atoms with Crippen LogP contribution in [0.2, 0.25) is 0 Å². The van der Waals surface area contributed by atoms with Crippen molar-refractivity contribution in [1.29, 1.82) is 0 Å². The minimum atomic E-state index is 0.568. The average Bonchev–Trinajstić information content (AvgIpc) is 2.78. The smallest absolute Gasteiger partial charge is 0.124 e. The van der Waals surface area contributed by atoms with E-state index in [0.29, 0.717) is 5.82 Å². The minimum Gasteiger partial charge on any atom is -0.384 e. The van der Waals surface area contributed by atoms with Crippen molar-refractivity contribution in [2.24, 2.45) is 0 Å². The van der Waals surface area contributed by atoms with Gasteiger partial charge in [-0.05, 0) is 42.2 Å². The third-order valence-corrected chi connectivity index (χ3v) is 5.73. The monoisotopic (exact) mass is 386 g/mol. The molecule has 1 saturated heterocycles. The molecule has 2 aromatic carbocycles. The Kier molecular flexibility index (Phi) is 6.55. The van der Waals surface area contributed by atoms with E-state index < -0.39 is 0 Å². The van der Waals surface area contributed by atoms with Crippen molar-refractivity contribution in [3.05, 3.63) is 83.9 Å². The van der Waals surface area contributed by atoms with Gasteiger partial charge in [-0.1, -0.05) is 54.6 Å². The number of benzene rings is 2. The summed E-state index contributed by atoms with van der Waals surface area (Å²) in [6.07, 6.45) is 2.21. The SMILES string of the molecule is Nc1cccc(-c2cccc(CCN3CCN(CCc4ccccc4)CC3)c2)n1. The Morgan fingerprint density at radius 3 is 2.00 bits per heavy atom. The highest BCUT2D eigenvalue weighted by Gasteiger charge is 2.16. The zero-order chi connectivity index (χ0) is 19.9. The fraction of sp³-hybridized carbons (Fsp3) is 0.320. The average molecular weight is 387 g/mol. The van der Waals surface area contributed by atoms with Crippen LogP contribution in [0.25, 0.3) is 11.3 Å². The zero-order valence-electron chi connectivity index (χ0n) is 17.0. The standard InChI is InChI=1S/C25H30N4/c26-25-11-5-10-24(27-25)23-9-4-8-22(20-23)13-15-29-18-16-28(17-19-29)14-12-21-6-2-1-3-7-21/h1-11,20H,12-19H2,(H2,26,27). The summed E-state index contributed by atoms with van der Waals surface area (Å²) < 4.78 is 0. The Morgan fingerprint density at radius 2 is 1.31 bits per heavy atom. The van der Waals surface area contributed by atoms with Crippen LogP contribution in [0.3, 0.4) is 0 Å². The quantitative estimate of drug-likeness (QED) is 0.672. The highest BCUT2D eigenvalue weighted by molar-refractivity contribution is 5.61. The lowest BCUT2D eigenvalue weighted by molar-refractivity contribution is 0.134. The molecular formula is C25H30N4. The number of piperazine rings is 1. The lowest BCUT2D eigenvalue weighted by Crippen LogP contribution is -2.47. The molecule has 0 unspecified atom stereocenters. The van der Waals surface area contributed by atoms with Gasteiger partial charge in [-0.25, -0.2) is 4.98 Å². The number of pyridine rings is 1. The molecule has 4 nitrogen and oxygen atoms in total. The van der Waals surface area contributed by atoms with Gasteiger partial charge in [0.15, 0.2) is 0 Å². The molecule has 29 heavy (non-hydrogen) atoms. The first-order valence-electron chi connectivity index (χ1n) is 10.6. The van der Waals surface area contributed by atoms with Gasteiger partial charge in [0, 0.05) is 44.8 Å². The maximum Gasteiger partial charge on any atom is 0.124 e. The normalized spacial score (nSPS) is 15.4. The van der Waals surface area contributed by atoms with Gasteiger partial charge in [-0.3, -0.25) is 0 Å². The van der Waals surface area contributed by atoms with Crippen LogP contribution in [0, 0.1) is 0 Å². The summed E-state index contributed by atoms with van der Waals surface area (Å²) in [5.74, 6) is 0.568. The van der Waals surface area contributed by atoms with Gasteiger partial charge in [0.05, 0.1) is 5.69 Å². The fourth-order valence-electron chi connectivity index (χ4n) is 3.95. The van der Waals surface area contributed by atoms with E-state index in [2.05, 4.69) is 69.4 Å². The predicted molar refractivity (Wildman–Crippen MR) is 121 cm³/mol. The molecule has 1 aromatic heterocycles. The van der Waals surface area contributed by atoms with Crippen LogP contribution in [0.1, 0.15) is 11.1 Å². The number of hydrogen-bond donors (Lipinski definition) is 1. The first-order chi connectivity index (χ1) is 14.3. The summed E-state index contributed by atoms with van der Waals surface area (Å²) in [7, 11) is 0. The first kappa shape index (κ1) is 19.6. The molecule has 4 heteroatoms. The van der Waals surface area contributed by atoms with Crippen LogP contribution < -0.4 is 5.73 Å². The summed E-state index contributed by atoms with van der Waals surface area (Å²) in [4.78, 5) is 9.62. The zero-order valence-corrected chi connectivity index (χ0v) is 17.0. The van der Waals surface area contributed by atoms with Crippen LogP contribution in [0.4, 0.5) is 5.82 Å². The van der Waals surface area contributed by atoms with Gasteiger partial charge >= 0.3 is 0 Å². The molecular weight excluding hydrogens is 356 g/mol. The predicted octanol–water partition coefficient (Wildman–Crippen LogP) is 3.73. The second-order valence-corrected chi connectivity index (χ2v) is 7.82. The third-order valence-electron chi connectivity index (χ3n) is 5.73. The summed E-state index contributed by atoms with van der Waals surface area (Å²) in [5.41, 5.74) is 10.7. The Labute approximate surface area is 174 Å². The van der Waals surface area contributed by atoms with Crippen LogP contribution in [-0.4, -0.2) is 54.1 Å². The third kappa shape index (κ3) is 5.66. The second-order valence-electron chi connectivity index (χ2n) is 7.82. The van der Waals surface area contributed by atoms with Crippen molar-refractivity contribution in [3.63, 3.8) is 0 Å². The molecule has 2 N–H and O–H groups in total. The van der Waals surface area contributed by atoms with Gasteiger partial charge in [-0.15, -0.1) is 0 Å². The van der Waals surface area contributed by atoms with Crippen LogP contribution in [0.5, 0.6) is 0 Å². The van der Waals surface area contributed by atoms with Crippen molar-refractivity contribution >= 4 is 5.82 Å². The van der Waals surface area contributed by atoms with E-state index in [9.17, 15) is 0 Å². The number of anilines is 1. The lowest BCUT2D eigenvalue weighted by Gasteiger charge is -2.34. The van der Waals surface area contributed by atoms with E-state index in [0.717, 1.165) is 50.3 Å². The molecule has 3 aromatic rings. The van der Waals surface area contributed by atoms with Crippen LogP contribution in [-0.2, 0) is 12.8 Å². The molecule has 4 rings (SSSR count). The lowest BCUT2D eigenvalue weighted by atomic mass is 10.0. The first-order valence-corrected chi connectivity index (χ1v) is 10.6. The molecule has 0 spiro atoms. The Balaban J connectivity index is 1.24. The fourth-order valence-corrected chi connectivity index (χ4v) is 3.95. The Morgan fingerprint density at radius 1 is 0.690 bits per heavy atom. The molecule has 1 aliphatic heterocycles. The number of aromatic nitrogens is 1. The Bertz CT molecular complexity index is 901. The van der Waals surface area contributed by atoms with Crippen molar-refractivity contribution in [2.75, 3.05) is 45.0 Å². The van der Waals surface area contributed by atoms with Crippen molar-refractivity contribution in [3.8, 4) is 11.3 Å². The number of nitrogens with zero attached hydrogens (tertiary/aromatic N) is 3. The van der Waals surface area contributed by atoms with Crippen LogP contribution >= 0.6 is 0 Å². The summed E-state index contributed by atoms with van der Waals surface area (Å²) in [5, 5.41) is 0. The second kappa shape index (κ2) is 9.68. The van der Waals surface area contributed by atoms with Gasteiger partial charge < -0.3 is 15.5 Å². The molecule has 0 radical (unpaired) electrons. The van der Waals surface area contributed by atoms with E-state index in [1.165, 1.54) is 24.2 Å². The number of hydrogen-bond acceptors (Lipinski definition) is 4. The maximum absolute atomic E-state index is 5.83. The van der Waals surface area contributed by atoms with Gasteiger partial charge in [-0.2, -0.15) is 0 Å². The van der Waals surface area contributed by atoms with Crippen molar-refractivity contribution < 1.29 is 0 Å². The van der Waals surface area contributed by atoms with E-state index in [1.807, 2.05) is 18.2 Å². The molecule has 2 heterocycles. The molecule has 0 bridgehead atoms. The van der Waals surface area contributed by atoms with E-state index in [1.54, 1.807) is 0 Å². The van der Waals surface area contributed by atoms with E-state index >= 15 is 0 Å². The highest BCUT2D eigenvalue weighted by Crippen LogP contribution is 2.20. The molecule has 0 saturated carbocycles. The van der Waals surface area contributed by atoms with E-state index in [4.69, 9.17) is 5.73 Å². The Hall–Kier alpha value is -2.69. The largest absolute Gasteiger partial charge is 0.384 e. The molecule has 0 atom stereocenters. The number of nitrogens with two attached hydrogens (primary N) is 1. The summed E-state index contributed by atoms with van der Waals surface area (Å²) in [6.45, 7) is 6.92. The minimum absolute atomic E-state index is 0.568. The molecule has 0 amide bonds. The molecule has 1 aliphatic rings. The van der Waals surface area contributed by atoms with E-state index in [-0.39, 0.29) is 0 Å².